The van der Waals surface area contributed by atoms with E-state index in [2.05, 4.69) is 50.3 Å². The topological polar surface area (TPSA) is 210 Å². The van der Waals surface area contributed by atoms with Crippen LogP contribution in [0.3, 0.4) is 0 Å². The quantitative estimate of drug-likeness (QED) is 0.115. The Bertz CT molecular complexity index is 3220. The largest absolute Gasteiger partial charge is 0.461 e. The minimum atomic E-state index is -4.52. The van der Waals surface area contributed by atoms with E-state index >= 15 is 0 Å². The maximum atomic E-state index is 13.5. The van der Waals surface area contributed by atoms with Gasteiger partial charge in [0.25, 0.3) is 0 Å². The van der Waals surface area contributed by atoms with Crippen LogP contribution >= 0.6 is 23.2 Å². The van der Waals surface area contributed by atoms with E-state index in [1.54, 1.807) is 18.2 Å². The van der Waals surface area contributed by atoms with Crippen LogP contribution in [0.15, 0.2) is 85.5 Å². The van der Waals surface area contributed by atoms with Gasteiger partial charge in [-0.3, -0.25) is 4.90 Å². The number of carbonyl (C=O) groups excluding carboxylic acids is 1. The van der Waals surface area contributed by atoms with Crippen LogP contribution < -0.4 is 40.5 Å². The number of benzene rings is 2. The standard InChI is InChI=1S/C27H26ClF3N6O4.C16H13ClF3N3.C10H15N3O3/c1-26(2)40-14-19(41-26)13-39-24-32-10-17(11-33-24)34-25(38)37-18-6-7-36(12-18)21-9-20(28)22(35-23(21)37)15-4-3-5-16(8-15)27(29,30)31;17-12-7-13-15(21-11-4-5-23(13)8-11)22-14(12)9-2-1-3-10(6-9)16(18,19)20;1-10(2)15-6-8(16-10)5-14-9-12-3-7(11)4-13-9/h3-5,8-11,18-19H,6-7,12-14H2,1-2H3,(H,34,38);1-3,6-7,11H,4-5,8H2,(H,21,22);3-4,8H,5-6,11H2,1-2H3/t18-,19+;11-;8-/m001/s1. The molecule has 0 unspecified atom stereocenters. The molecule has 10 heterocycles. The van der Waals surface area contributed by atoms with Gasteiger partial charge >= 0.3 is 30.4 Å². The summed E-state index contributed by atoms with van der Waals surface area (Å²) in [5.41, 5.74) is 7.41. The van der Waals surface area contributed by atoms with Gasteiger partial charge in [0.1, 0.15) is 25.4 Å². The first-order chi connectivity index (χ1) is 37.9. The van der Waals surface area contributed by atoms with Gasteiger partial charge in [0.15, 0.2) is 23.2 Å². The lowest BCUT2D eigenvalue weighted by molar-refractivity contribution is -0.142. The van der Waals surface area contributed by atoms with E-state index in [1.807, 2.05) is 27.7 Å². The number of amides is 2. The third kappa shape index (κ3) is 13.1. The average molecular weight is 1160 g/mol. The first-order valence-corrected chi connectivity index (χ1v) is 26.1. The van der Waals surface area contributed by atoms with Gasteiger partial charge < -0.3 is 54.6 Å². The molecular weight excluding hydrogens is 1100 g/mol. The molecule has 0 radical (unpaired) electrons. The molecule has 0 spiro atoms. The number of nitrogens with one attached hydrogen (secondary N) is 2. The first kappa shape index (κ1) is 56.3. The van der Waals surface area contributed by atoms with Crippen LogP contribution in [-0.4, -0.2) is 124 Å². The second-order valence-corrected chi connectivity index (χ2v) is 21.2. The molecule has 4 bridgehead atoms. The number of nitrogen functional groups attached to an aromatic ring is 1. The Hall–Kier alpha value is -7.03. The Morgan fingerprint density at radius 2 is 1.24 bits per heavy atom. The second-order valence-electron chi connectivity index (χ2n) is 20.3. The van der Waals surface area contributed by atoms with Crippen molar-refractivity contribution in [2.75, 3.05) is 83.7 Å². The third-order valence-corrected chi connectivity index (χ3v) is 14.0. The molecule has 4 saturated heterocycles. The highest BCUT2D eigenvalue weighted by Gasteiger charge is 2.42. The van der Waals surface area contributed by atoms with Crippen molar-refractivity contribution in [1.82, 2.24) is 29.9 Å². The number of halogens is 8. The van der Waals surface area contributed by atoms with Crippen molar-refractivity contribution in [2.24, 2.45) is 0 Å². The number of hydrogen-bond acceptors (Lipinski definition) is 17. The minimum absolute atomic E-state index is 0.0869. The summed E-state index contributed by atoms with van der Waals surface area (Å²) >= 11 is 12.8. The van der Waals surface area contributed by atoms with Gasteiger partial charge in [-0.25, -0.2) is 34.7 Å². The lowest BCUT2D eigenvalue weighted by atomic mass is 10.1. The molecule has 19 nitrogen and oxygen atoms in total. The molecular formula is C53H54Cl2F6N12O7. The Kier molecular flexibility index (Phi) is 15.8. The first-order valence-electron chi connectivity index (χ1n) is 25.4. The van der Waals surface area contributed by atoms with Crippen molar-refractivity contribution in [3.63, 3.8) is 0 Å². The number of hydrogen-bond donors (Lipinski definition) is 3. The highest BCUT2D eigenvalue weighted by atomic mass is 35.5. The average Bonchev–Trinajstić information content (AvgIpc) is 4.38. The summed E-state index contributed by atoms with van der Waals surface area (Å²) in [5, 5.41) is 6.68. The van der Waals surface area contributed by atoms with Gasteiger partial charge in [0, 0.05) is 43.3 Å². The molecule has 4 atom stereocenters. The number of alkyl halides is 6. The Labute approximate surface area is 465 Å². The van der Waals surface area contributed by atoms with Crippen molar-refractivity contribution >= 4 is 63.6 Å². The van der Waals surface area contributed by atoms with Gasteiger partial charge in [-0.15, -0.1) is 0 Å². The molecule has 80 heavy (non-hydrogen) atoms. The van der Waals surface area contributed by atoms with Crippen LogP contribution in [0.4, 0.5) is 65.5 Å². The highest BCUT2D eigenvalue weighted by molar-refractivity contribution is 6.34. The summed E-state index contributed by atoms with van der Waals surface area (Å²) in [4.78, 5) is 44.6. The molecule has 4 fully saturated rings. The third-order valence-electron chi connectivity index (χ3n) is 13.5. The lowest BCUT2D eigenvalue weighted by Crippen LogP contribution is -2.48. The number of nitrogens with two attached hydrogens (primary N) is 1. The smallest absolute Gasteiger partial charge is 0.416 e. The number of pyridine rings is 2. The summed E-state index contributed by atoms with van der Waals surface area (Å²) in [6.07, 6.45) is -1.70. The number of ether oxygens (including phenoxy) is 6. The van der Waals surface area contributed by atoms with E-state index in [0.717, 1.165) is 49.5 Å². The van der Waals surface area contributed by atoms with Gasteiger partial charge in [-0.05, 0) is 76.9 Å². The number of urea groups is 1. The number of anilines is 6. The summed E-state index contributed by atoms with van der Waals surface area (Å²) in [5.74, 6) is -0.192. The van der Waals surface area contributed by atoms with Crippen LogP contribution in [0.1, 0.15) is 51.7 Å². The van der Waals surface area contributed by atoms with Crippen molar-refractivity contribution < 1.29 is 59.6 Å². The molecule has 0 aliphatic carbocycles. The second kappa shape index (κ2) is 22.5. The molecule has 4 N–H and O–H groups in total. The number of aromatic nitrogens is 6. The zero-order valence-corrected chi connectivity index (χ0v) is 45.0. The molecule has 12 rings (SSSR count). The van der Waals surface area contributed by atoms with Gasteiger partial charge in [0.05, 0.1) is 99.4 Å². The Morgan fingerprint density at radius 3 is 1.77 bits per heavy atom. The maximum Gasteiger partial charge on any atom is 0.416 e. The monoisotopic (exact) mass is 1150 g/mol. The van der Waals surface area contributed by atoms with E-state index in [-0.39, 0.29) is 47.1 Å². The van der Waals surface area contributed by atoms with Gasteiger partial charge in [-0.1, -0.05) is 47.5 Å². The Morgan fingerprint density at radius 1 is 0.725 bits per heavy atom. The van der Waals surface area contributed by atoms with Crippen LogP contribution in [0.25, 0.3) is 22.5 Å². The summed E-state index contributed by atoms with van der Waals surface area (Å²) in [6, 6.07) is 13.4. The predicted octanol–water partition coefficient (Wildman–Crippen LogP) is 10.4. The number of fused-ring (bicyclic) bond motifs is 8. The van der Waals surface area contributed by atoms with Crippen molar-refractivity contribution in [3.05, 3.63) is 107 Å². The normalized spacial score (nSPS) is 21.1. The molecule has 27 heteroatoms. The molecule has 4 aromatic heterocycles. The van der Waals surface area contributed by atoms with Crippen molar-refractivity contribution in [3.8, 4) is 34.5 Å². The number of carbonyl (C=O) groups is 1. The van der Waals surface area contributed by atoms with E-state index in [0.29, 0.717) is 96.4 Å². The summed E-state index contributed by atoms with van der Waals surface area (Å²) in [6.45, 7) is 12.0. The highest BCUT2D eigenvalue weighted by Crippen LogP contribution is 2.45. The van der Waals surface area contributed by atoms with Crippen molar-refractivity contribution in [1.29, 1.82) is 0 Å². The number of nitrogens with zero attached hydrogens (tertiary/aromatic N) is 9. The van der Waals surface area contributed by atoms with Gasteiger partial charge in [-0.2, -0.15) is 26.3 Å². The zero-order valence-electron chi connectivity index (χ0n) is 43.4. The lowest BCUT2D eigenvalue weighted by Gasteiger charge is -2.36. The minimum Gasteiger partial charge on any atom is -0.461 e. The number of rotatable bonds is 9. The fourth-order valence-corrected chi connectivity index (χ4v) is 10.3. The van der Waals surface area contributed by atoms with E-state index in [9.17, 15) is 31.1 Å². The molecule has 0 saturated carbocycles. The van der Waals surface area contributed by atoms with E-state index in [1.165, 1.54) is 47.9 Å². The molecule has 6 aromatic rings. The fraction of sp³-hybridized carbons (Fsp3) is 0.415. The molecule has 6 aliphatic heterocycles. The van der Waals surface area contributed by atoms with Gasteiger partial charge in [0.2, 0.25) is 0 Å². The fourth-order valence-electron chi connectivity index (χ4n) is 9.76. The van der Waals surface area contributed by atoms with Crippen LogP contribution in [0.2, 0.25) is 10.0 Å². The Balaban J connectivity index is 0.000000154. The van der Waals surface area contributed by atoms with Crippen LogP contribution in [0, 0.1) is 0 Å². The maximum absolute atomic E-state index is 13.5. The van der Waals surface area contributed by atoms with Crippen LogP contribution in [0.5, 0.6) is 12.0 Å². The predicted molar refractivity (Wildman–Crippen MR) is 285 cm³/mol. The molecule has 2 aromatic carbocycles. The SMILES string of the molecule is CC1(C)OC[C@@H](COc2ncc(N)cn2)O1.CC1(C)OC[C@@H](COc2ncc(NC(=O)N3c4nc(-c5cccc(C(F)(F)F)c5)c(Cl)cc4N4CC[C@H]3C4)cn2)O1.FC(F)(F)c1cccc(-c2nc3c(cc2Cl)N2CC[C@@H](C2)N3)c1. The summed E-state index contributed by atoms with van der Waals surface area (Å²) in [7, 11) is 0. The molecule has 424 valence electrons. The van der Waals surface area contributed by atoms with E-state index < -0.39 is 41.1 Å². The zero-order chi connectivity index (χ0) is 56.7. The molecule has 2 amide bonds. The molecule has 6 aliphatic rings. The van der Waals surface area contributed by atoms with Crippen molar-refractivity contribution in [2.45, 2.75) is 88.8 Å². The van der Waals surface area contributed by atoms with E-state index in [4.69, 9.17) is 57.4 Å². The van der Waals surface area contributed by atoms with Crippen LogP contribution in [-0.2, 0) is 31.3 Å². The summed E-state index contributed by atoms with van der Waals surface area (Å²) < 4.78 is 112.